The van der Waals surface area contributed by atoms with Crippen LogP contribution in [0, 0.1) is 0 Å². The van der Waals surface area contributed by atoms with Gasteiger partial charge in [0.2, 0.25) is 5.91 Å². The normalized spacial score (nSPS) is 22.5. The minimum absolute atomic E-state index is 0.0947. The average Bonchev–Trinajstić information content (AvgIpc) is 2.99. The van der Waals surface area contributed by atoms with E-state index in [0.29, 0.717) is 29.1 Å². The molecule has 4 nitrogen and oxygen atoms in total. The number of amides is 1. The van der Waals surface area contributed by atoms with Gasteiger partial charge in [0.15, 0.2) is 0 Å². The molecular formula is C21H24ClN2O2S+. The molecule has 0 radical (unpaired) electrons. The van der Waals surface area contributed by atoms with Crippen LogP contribution in [0.15, 0.2) is 24.3 Å². The standard InChI is InChI=1S/C21H23ClN2O2S/c1-24(2)14-7-8-16(24)19-17(10-14)27-18(20(19)21(23)26)11-15(25)9-12-3-5-13(22)6-4-12/h3-6,14,16H,7-11H2,1-2H3,(H-,23,26)/p+1/t14-,16?/m1/s1. The molecule has 2 aromatic rings. The number of hydrogen-bond donors (Lipinski definition) is 1. The predicted molar refractivity (Wildman–Crippen MR) is 108 cm³/mol. The van der Waals surface area contributed by atoms with Crippen molar-refractivity contribution in [2.45, 2.75) is 44.2 Å². The van der Waals surface area contributed by atoms with E-state index in [2.05, 4.69) is 14.1 Å². The number of nitrogens with two attached hydrogens (primary N) is 1. The Kier molecular flexibility index (Phi) is 4.65. The van der Waals surface area contributed by atoms with Gasteiger partial charge in [0.05, 0.1) is 25.7 Å². The largest absolute Gasteiger partial charge is 0.366 e. The van der Waals surface area contributed by atoms with E-state index in [9.17, 15) is 9.59 Å². The quantitative estimate of drug-likeness (QED) is 0.774. The molecule has 2 aliphatic rings. The Balaban J connectivity index is 1.63. The maximum absolute atomic E-state index is 12.7. The van der Waals surface area contributed by atoms with Crippen LogP contribution in [0.3, 0.4) is 0 Å². The lowest BCUT2D eigenvalue weighted by Crippen LogP contribution is -2.49. The molecule has 1 aromatic heterocycles. The predicted octanol–water partition coefficient (Wildman–Crippen LogP) is 3.69. The number of primary amides is 1. The Morgan fingerprint density at radius 1 is 1.19 bits per heavy atom. The molecule has 0 spiro atoms. The molecule has 1 unspecified atom stereocenters. The molecule has 6 heteroatoms. The molecule has 27 heavy (non-hydrogen) atoms. The summed E-state index contributed by atoms with van der Waals surface area (Å²) >= 11 is 7.54. The Labute approximate surface area is 168 Å². The van der Waals surface area contributed by atoms with E-state index < -0.39 is 5.91 Å². The molecular weight excluding hydrogens is 380 g/mol. The number of carbonyl (C=O) groups excluding carboxylic acids is 2. The number of halogens is 1. The smallest absolute Gasteiger partial charge is 0.250 e. The highest BCUT2D eigenvalue weighted by Gasteiger charge is 2.51. The molecule has 0 saturated carbocycles. The van der Waals surface area contributed by atoms with Gasteiger partial charge in [0.1, 0.15) is 11.8 Å². The third kappa shape index (κ3) is 3.22. The molecule has 1 amide bonds. The minimum atomic E-state index is -0.396. The average molecular weight is 404 g/mol. The second-order valence-corrected chi connectivity index (χ2v) is 9.83. The number of benzene rings is 1. The first kappa shape index (κ1) is 18.7. The van der Waals surface area contributed by atoms with Crippen molar-refractivity contribution in [2.24, 2.45) is 5.73 Å². The van der Waals surface area contributed by atoms with Crippen LogP contribution in [0.4, 0.5) is 0 Å². The summed E-state index contributed by atoms with van der Waals surface area (Å²) in [5.74, 6) is -0.301. The number of thiophene rings is 1. The zero-order valence-electron chi connectivity index (χ0n) is 15.6. The Morgan fingerprint density at radius 3 is 2.56 bits per heavy atom. The van der Waals surface area contributed by atoms with Crippen molar-refractivity contribution in [1.29, 1.82) is 0 Å². The SMILES string of the molecule is C[N+]1(C)C2CC[C@@H]1Cc1sc(CC(=O)Cc3ccc(Cl)cc3)c(C(N)=O)c12. The summed E-state index contributed by atoms with van der Waals surface area (Å²) in [5.41, 5.74) is 8.46. The van der Waals surface area contributed by atoms with Crippen LogP contribution in [0.25, 0.3) is 0 Å². The Morgan fingerprint density at radius 2 is 1.89 bits per heavy atom. The molecule has 0 aliphatic carbocycles. The molecule has 2 aliphatic heterocycles. The van der Waals surface area contributed by atoms with Gasteiger partial charge in [0, 0.05) is 52.4 Å². The maximum Gasteiger partial charge on any atom is 0.250 e. The summed E-state index contributed by atoms with van der Waals surface area (Å²) in [7, 11) is 4.50. The van der Waals surface area contributed by atoms with Gasteiger partial charge < -0.3 is 10.2 Å². The number of rotatable bonds is 5. The zero-order valence-corrected chi connectivity index (χ0v) is 17.2. The number of hydrogen-bond acceptors (Lipinski definition) is 3. The monoisotopic (exact) mass is 403 g/mol. The van der Waals surface area contributed by atoms with Crippen LogP contribution >= 0.6 is 22.9 Å². The summed E-state index contributed by atoms with van der Waals surface area (Å²) < 4.78 is 0.919. The van der Waals surface area contributed by atoms with E-state index in [-0.39, 0.29) is 12.2 Å². The number of carbonyl (C=O) groups is 2. The molecule has 1 aromatic carbocycles. The van der Waals surface area contributed by atoms with Gasteiger partial charge in [-0.25, -0.2) is 0 Å². The molecule has 2 bridgehead atoms. The summed E-state index contributed by atoms with van der Waals surface area (Å²) in [6.07, 6.45) is 3.85. The molecule has 1 saturated heterocycles. The summed E-state index contributed by atoms with van der Waals surface area (Å²) in [5, 5.41) is 0.656. The van der Waals surface area contributed by atoms with Crippen molar-refractivity contribution in [1.82, 2.24) is 0 Å². The minimum Gasteiger partial charge on any atom is -0.366 e. The van der Waals surface area contributed by atoms with E-state index in [4.69, 9.17) is 17.3 Å². The molecule has 2 atom stereocenters. The molecule has 2 N–H and O–H groups in total. The first-order valence-electron chi connectivity index (χ1n) is 9.31. The van der Waals surface area contributed by atoms with Crippen molar-refractivity contribution in [3.63, 3.8) is 0 Å². The van der Waals surface area contributed by atoms with Gasteiger partial charge in [-0.05, 0) is 17.7 Å². The second-order valence-electron chi connectivity index (χ2n) is 8.20. The van der Waals surface area contributed by atoms with Crippen molar-refractivity contribution in [3.8, 4) is 0 Å². The van der Waals surface area contributed by atoms with Crippen molar-refractivity contribution >= 4 is 34.6 Å². The van der Waals surface area contributed by atoms with Crippen LogP contribution < -0.4 is 5.73 Å². The lowest BCUT2D eigenvalue weighted by Gasteiger charge is -2.41. The van der Waals surface area contributed by atoms with Crippen molar-refractivity contribution < 1.29 is 14.1 Å². The van der Waals surface area contributed by atoms with Crippen LogP contribution in [0.5, 0.6) is 0 Å². The van der Waals surface area contributed by atoms with Gasteiger partial charge in [-0.2, -0.15) is 0 Å². The topological polar surface area (TPSA) is 60.2 Å². The van der Waals surface area contributed by atoms with Crippen LogP contribution in [0.2, 0.25) is 5.02 Å². The summed E-state index contributed by atoms with van der Waals surface area (Å²) in [4.78, 5) is 27.1. The molecule has 3 heterocycles. The van der Waals surface area contributed by atoms with E-state index >= 15 is 0 Å². The maximum atomic E-state index is 12.7. The van der Waals surface area contributed by atoms with Crippen molar-refractivity contribution in [2.75, 3.05) is 14.1 Å². The van der Waals surface area contributed by atoms with Gasteiger partial charge in [0.25, 0.3) is 0 Å². The Hall–Kier alpha value is -1.69. The second kappa shape index (κ2) is 6.73. The third-order valence-electron chi connectivity index (χ3n) is 6.29. The fourth-order valence-electron chi connectivity index (χ4n) is 4.81. The van der Waals surface area contributed by atoms with Gasteiger partial charge in [-0.15, -0.1) is 11.3 Å². The van der Waals surface area contributed by atoms with Gasteiger partial charge in [-0.3, -0.25) is 9.59 Å². The number of Topliss-reactive ketones (excluding diaryl/α,β-unsaturated/α-hetero) is 1. The molecule has 4 rings (SSSR count). The Bertz CT molecular complexity index is 917. The fourth-order valence-corrected chi connectivity index (χ4v) is 6.41. The highest BCUT2D eigenvalue weighted by Crippen LogP contribution is 2.51. The lowest BCUT2D eigenvalue weighted by atomic mass is 9.93. The first-order valence-corrected chi connectivity index (χ1v) is 10.5. The number of fused-ring (bicyclic) bond motifs is 4. The lowest BCUT2D eigenvalue weighted by molar-refractivity contribution is -0.932. The fraction of sp³-hybridized carbons (Fsp3) is 0.429. The van der Waals surface area contributed by atoms with Gasteiger partial charge in [-0.1, -0.05) is 23.7 Å². The number of ketones is 1. The van der Waals surface area contributed by atoms with E-state index in [1.165, 1.54) is 11.3 Å². The first-order chi connectivity index (χ1) is 12.8. The third-order valence-corrected chi connectivity index (χ3v) is 7.77. The zero-order chi connectivity index (χ0) is 19.3. The number of likely N-dealkylation sites (N-methyl/N-ethyl adjacent to an activating group) is 1. The highest BCUT2D eigenvalue weighted by atomic mass is 35.5. The van der Waals surface area contributed by atoms with Crippen LogP contribution in [-0.2, 0) is 24.1 Å². The number of quaternary nitrogens is 1. The summed E-state index contributed by atoms with van der Waals surface area (Å²) in [6, 6.07) is 8.23. The van der Waals surface area contributed by atoms with E-state index in [1.807, 2.05) is 12.1 Å². The van der Waals surface area contributed by atoms with Crippen LogP contribution in [-0.4, -0.2) is 36.3 Å². The number of nitrogens with zero attached hydrogens (tertiary/aromatic N) is 1. The highest BCUT2D eigenvalue weighted by molar-refractivity contribution is 7.12. The van der Waals surface area contributed by atoms with Crippen LogP contribution in [0.1, 0.15) is 50.1 Å². The summed E-state index contributed by atoms with van der Waals surface area (Å²) in [6.45, 7) is 0. The molecule has 1 fully saturated rings. The molecule has 142 valence electrons. The van der Waals surface area contributed by atoms with E-state index in [0.717, 1.165) is 33.3 Å². The van der Waals surface area contributed by atoms with Crippen molar-refractivity contribution in [3.05, 3.63) is 55.7 Å². The van der Waals surface area contributed by atoms with E-state index in [1.54, 1.807) is 23.5 Å². The van der Waals surface area contributed by atoms with Gasteiger partial charge >= 0.3 is 0 Å².